The van der Waals surface area contributed by atoms with Gasteiger partial charge in [0.15, 0.2) is 0 Å². The predicted molar refractivity (Wildman–Crippen MR) is 54.5 cm³/mol. The molecule has 2 unspecified atom stereocenters. The van der Waals surface area contributed by atoms with Crippen molar-refractivity contribution < 1.29 is 9.18 Å². The van der Waals surface area contributed by atoms with E-state index in [1.54, 1.807) is 6.07 Å². The molecular formula is C11H13FN2O. The largest absolute Gasteiger partial charge is 0.348 e. The van der Waals surface area contributed by atoms with E-state index in [0.717, 1.165) is 12.0 Å². The van der Waals surface area contributed by atoms with Gasteiger partial charge in [-0.25, -0.2) is 4.39 Å². The number of rotatable bonds is 1. The molecule has 0 spiro atoms. The number of amides is 1. The van der Waals surface area contributed by atoms with Gasteiger partial charge in [0.25, 0.3) is 0 Å². The molecule has 0 aromatic heterocycles. The van der Waals surface area contributed by atoms with E-state index in [2.05, 4.69) is 5.32 Å². The van der Waals surface area contributed by atoms with Crippen molar-refractivity contribution in [1.82, 2.24) is 5.32 Å². The summed E-state index contributed by atoms with van der Waals surface area (Å²) >= 11 is 0. The Bertz CT molecular complexity index is 381. The van der Waals surface area contributed by atoms with Crippen LogP contribution in [0.15, 0.2) is 24.3 Å². The maximum Gasteiger partial charge on any atom is 0.237 e. The zero-order valence-electron chi connectivity index (χ0n) is 8.24. The van der Waals surface area contributed by atoms with Crippen molar-refractivity contribution >= 4 is 5.91 Å². The third kappa shape index (κ3) is 2.15. The number of benzene rings is 1. The van der Waals surface area contributed by atoms with Crippen molar-refractivity contribution in [3.8, 4) is 0 Å². The molecule has 2 rings (SSSR count). The summed E-state index contributed by atoms with van der Waals surface area (Å²) in [6.45, 7) is 0. The number of nitrogens with two attached hydrogens (primary N) is 1. The van der Waals surface area contributed by atoms with Gasteiger partial charge in [-0.05, 0) is 30.5 Å². The van der Waals surface area contributed by atoms with E-state index in [4.69, 9.17) is 5.73 Å². The number of hydrogen-bond acceptors (Lipinski definition) is 2. The van der Waals surface area contributed by atoms with E-state index in [1.165, 1.54) is 12.1 Å². The fourth-order valence-corrected chi connectivity index (χ4v) is 1.80. The van der Waals surface area contributed by atoms with Crippen LogP contribution >= 0.6 is 0 Å². The Labute approximate surface area is 87.5 Å². The molecule has 1 amide bonds. The second kappa shape index (κ2) is 3.98. The van der Waals surface area contributed by atoms with Crippen molar-refractivity contribution in [1.29, 1.82) is 0 Å². The monoisotopic (exact) mass is 208 g/mol. The number of carbonyl (C=O) groups excluding carboxylic acids is 1. The number of halogens is 1. The fraction of sp³-hybridized carbons (Fsp3) is 0.364. The SMILES string of the molecule is NC1CCC(c2cccc(F)c2)NC1=O. The molecule has 3 N–H and O–H groups in total. The highest BCUT2D eigenvalue weighted by atomic mass is 19.1. The zero-order valence-corrected chi connectivity index (χ0v) is 8.24. The van der Waals surface area contributed by atoms with Gasteiger partial charge in [-0.2, -0.15) is 0 Å². The maximum absolute atomic E-state index is 13.0. The molecule has 15 heavy (non-hydrogen) atoms. The Morgan fingerprint density at radius 1 is 1.40 bits per heavy atom. The van der Waals surface area contributed by atoms with Gasteiger partial charge >= 0.3 is 0 Å². The Hall–Kier alpha value is -1.42. The highest BCUT2D eigenvalue weighted by molar-refractivity contribution is 5.82. The van der Waals surface area contributed by atoms with Gasteiger partial charge in [0.05, 0.1) is 12.1 Å². The standard InChI is InChI=1S/C11H13FN2O/c12-8-3-1-2-7(6-8)10-5-4-9(13)11(15)14-10/h1-3,6,9-10H,4-5,13H2,(H,14,15). The van der Waals surface area contributed by atoms with Crippen molar-refractivity contribution in [2.24, 2.45) is 5.73 Å². The van der Waals surface area contributed by atoms with E-state index in [-0.39, 0.29) is 17.8 Å². The van der Waals surface area contributed by atoms with Crippen LogP contribution in [0.25, 0.3) is 0 Å². The average Bonchev–Trinajstić information content (AvgIpc) is 2.22. The van der Waals surface area contributed by atoms with Crippen molar-refractivity contribution in [3.63, 3.8) is 0 Å². The molecule has 2 atom stereocenters. The molecule has 1 saturated heterocycles. The lowest BCUT2D eigenvalue weighted by Crippen LogP contribution is -2.46. The van der Waals surface area contributed by atoms with Gasteiger partial charge in [0.1, 0.15) is 5.82 Å². The Kier molecular flexibility index (Phi) is 2.68. The summed E-state index contributed by atoms with van der Waals surface area (Å²) in [4.78, 5) is 11.3. The van der Waals surface area contributed by atoms with Crippen molar-refractivity contribution in [3.05, 3.63) is 35.6 Å². The molecule has 1 aromatic carbocycles. The molecule has 1 heterocycles. The Morgan fingerprint density at radius 3 is 2.87 bits per heavy atom. The normalized spacial score (nSPS) is 26.1. The Morgan fingerprint density at radius 2 is 2.20 bits per heavy atom. The predicted octanol–water partition coefficient (Wildman–Crippen LogP) is 1.10. The second-order valence-electron chi connectivity index (χ2n) is 3.80. The van der Waals surface area contributed by atoms with Crippen molar-refractivity contribution in [2.45, 2.75) is 24.9 Å². The Balaban J connectivity index is 2.15. The average molecular weight is 208 g/mol. The van der Waals surface area contributed by atoms with Gasteiger partial charge < -0.3 is 11.1 Å². The highest BCUT2D eigenvalue weighted by Gasteiger charge is 2.25. The number of hydrogen-bond donors (Lipinski definition) is 2. The van der Waals surface area contributed by atoms with E-state index >= 15 is 0 Å². The van der Waals surface area contributed by atoms with Gasteiger partial charge in [0, 0.05) is 0 Å². The van der Waals surface area contributed by atoms with Crippen LogP contribution in [-0.4, -0.2) is 11.9 Å². The molecule has 0 saturated carbocycles. The van der Waals surface area contributed by atoms with Crippen LogP contribution in [0.5, 0.6) is 0 Å². The molecule has 0 radical (unpaired) electrons. The van der Waals surface area contributed by atoms with Gasteiger partial charge in [0.2, 0.25) is 5.91 Å². The molecule has 4 heteroatoms. The van der Waals surface area contributed by atoms with Gasteiger partial charge in [-0.1, -0.05) is 12.1 Å². The van der Waals surface area contributed by atoms with E-state index in [1.807, 2.05) is 6.07 Å². The van der Waals surface area contributed by atoms with Crippen LogP contribution in [0.3, 0.4) is 0 Å². The zero-order chi connectivity index (χ0) is 10.8. The van der Waals surface area contributed by atoms with Crippen LogP contribution in [0.2, 0.25) is 0 Å². The summed E-state index contributed by atoms with van der Waals surface area (Å²) in [5.74, 6) is -0.438. The molecular weight excluding hydrogens is 195 g/mol. The minimum atomic E-state index is -0.421. The third-order valence-electron chi connectivity index (χ3n) is 2.67. The first-order chi connectivity index (χ1) is 7.16. The quantitative estimate of drug-likeness (QED) is 0.726. The lowest BCUT2D eigenvalue weighted by Gasteiger charge is -2.27. The first-order valence-corrected chi connectivity index (χ1v) is 4.98. The fourth-order valence-electron chi connectivity index (χ4n) is 1.80. The molecule has 1 aliphatic rings. The molecule has 3 nitrogen and oxygen atoms in total. The van der Waals surface area contributed by atoms with Crippen LogP contribution in [0.1, 0.15) is 24.4 Å². The minimum absolute atomic E-state index is 0.104. The van der Waals surface area contributed by atoms with E-state index < -0.39 is 6.04 Å². The first-order valence-electron chi connectivity index (χ1n) is 4.98. The summed E-state index contributed by atoms with van der Waals surface area (Å²) in [7, 11) is 0. The van der Waals surface area contributed by atoms with Crippen LogP contribution in [0, 0.1) is 5.82 Å². The summed E-state index contributed by atoms with van der Waals surface area (Å²) in [6.07, 6.45) is 1.41. The second-order valence-corrected chi connectivity index (χ2v) is 3.80. The minimum Gasteiger partial charge on any atom is -0.348 e. The number of nitrogens with one attached hydrogen (secondary N) is 1. The van der Waals surface area contributed by atoms with Crippen LogP contribution in [0.4, 0.5) is 4.39 Å². The van der Waals surface area contributed by atoms with Crippen molar-refractivity contribution in [2.75, 3.05) is 0 Å². The molecule has 1 aromatic rings. The first kappa shape index (κ1) is 10.1. The lowest BCUT2D eigenvalue weighted by atomic mass is 9.95. The van der Waals surface area contributed by atoms with E-state index in [0.29, 0.717) is 6.42 Å². The van der Waals surface area contributed by atoms with E-state index in [9.17, 15) is 9.18 Å². The van der Waals surface area contributed by atoms with Gasteiger partial charge in [-0.3, -0.25) is 4.79 Å². The molecule has 80 valence electrons. The lowest BCUT2D eigenvalue weighted by molar-refractivity contribution is -0.124. The number of piperidine rings is 1. The third-order valence-corrected chi connectivity index (χ3v) is 2.67. The van der Waals surface area contributed by atoms with Gasteiger partial charge in [-0.15, -0.1) is 0 Å². The summed E-state index contributed by atoms with van der Waals surface area (Å²) in [5, 5.41) is 2.78. The summed E-state index contributed by atoms with van der Waals surface area (Å²) < 4.78 is 13.0. The highest BCUT2D eigenvalue weighted by Crippen LogP contribution is 2.23. The smallest absolute Gasteiger partial charge is 0.237 e. The van der Waals surface area contributed by atoms with Crippen LogP contribution in [-0.2, 0) is 4.79 Å². The number of carbonyl (C=O) groups is 1. The topological polar surface area (TPSA) is 55.1 Å². The summed E-state index contributed by atoms with van der Waals surface area (Å²) in [5.41, 5.74) is 6.36. The van der Waals surface area contributed by atoms with Crippen LogP contribution < -0.4 is 11.1 Å². The summed E-state index contributed by atoms with van der Waals surface area (Å²) in [6, 6.07) is 5.76. The molecule has 1 aliphatic heterocycles. The maximum atomic E-state index is 13.0. The molecule has 1 fully saturated rings. The molecule has 0 aliphatic carbocycles. The molecule has 0 bridgehead atoms.